The monoisotopic (exact) mass is 430 g/mol. The highest BCUT2D eigenvalue weighted by Crippen LogP contribution is 2.32. The van der Waals surface area contributed by atoms with Crippen molar-refractivity contribution in [2.45, 2.75) is 51.6 Å². The Balaban J connectivity index is 1.77. The summed E-state index contributed by atoms with van der Waals surface area (Å²) < 4.78 is 30.5. The lowest BCUT2D eigenvalue weighted by Gasteiger charge is -2.45. The molecule has 162 valence electrons. The second kappa shape index (κ2) is 11.9. The molecule has 3 rings (SSSR count). The third kappa shape index (κ3) is 6.62. The molecule has 3 unspecified atom stereocenters. The van der Waals surface area contributed by atoms with E-state index in [4.69, 9.17) is 23.6 Å². The van der Waals surface area contributed by atoms with Gasteiger partial charge < -0.3 is 23.6 Å². The molecule has 0 bridgehead atoms. The summed E-state index contributed by atoms with van der Waals surface area (Å²) in [6.45, 7) is 5.47. The predicted octanol–water partition coefficient (Wildman–Crippen LogP) is 4.17. The highest BCUT2D eigenvalue weighted by Gasteiger charge is 2.45. The summed E-state index contributed by atoms with van der Waals surface area (Å²) in [7, 11) is 4.31. The van der Waals surface area contributed by atoms with Crippen molar-refractivity contribution in [2.75, 3.05) is 13.7 Å². The number of methoxy groups -OCH3 is 1. The summed E-state index contributed by atoms with van der Waals surface area (Å²) >= 11 is 0. The number of benzene rings is 2. The lowest BCUT2D eigenvalue weighted by atomic mass is 9.91. The molecule has 0 aromatic heterocycles. The van der Waals surface area contributed by atoms with Crippen LogP contribution >= 0.6 is 9.12 Å². The van der Waals surface area contributed by atoms with Crippen molar-refractivity contribution in [2.24, 2.45) is 5.92 Å². The maximum Gasteiger partial charge on any atom is 0.311 e. The molecular formula is C23H32BO5P. The molecule has 1 heterocycles. The van der Waals surface area contributed by atoms with Gasteiger partial charge in [0.15, 0.2) is 6.29 Å². The Morgan fingerprint density at radius 1 is 0.900 bits per heavy atom. The first kappa shape index (κ1) is 23.4. The molecule has 0 N–H and O–H groups in total. The molecule has 0 aliphatic carbocycles. The number of hydrogen-bond acceptors (Lipinski definition) is 5. The number of hydrogen-bond donors (Lipinski definition) is 0. The van der Waals surface area contributed by atoms with E-state index in [9.17, 15) is 0 Å². The van der Waals surface area contributed by atoms with Gasteiger partial charge in [-0.05, 0) is 11.1 Å². The molecule has 1 fully saturated rings. The first-order chi connectivity index (χ1) is 14.6. The number of rotatable bonds is 10. The molecule has 1 aliphatic rings. The van der Waals surface area contributed by atoms with Crippen LogP contribution in [0.25, 0.3) is 0 Å². The highest BCUT2D eigenvalue weighted by atomic mass is 31.0. The molecule has 30 heavy (non-hydrogen) atoms. The second-order valence-electron chi connectivity index (χ2n) is 7.70. The summed E-state index contributed by atoms with van der Waals surface area (Å²) in [5.41, 5.74) is 2.23. The Bertz CT molecular complexity index is 733. The zero-order valence-corrected chi connectivity index (χ0v) is 19.1. The van der Waals surface area contributed by atoms with Gasteiger partial charge in [-0.3, -0.25) is 0 Å². The minimum Gasteiger partial charge on any atom is -0.429 e. The SMILES string of the molecule is CO[C@@H]1OC(COB(C)P)[C@H](OCc2ccccc2)[C@@H](OCc2ccccc2)C1C. The fraction of sp³-hybridized carbons (Fsp3) is 0.478. The Hall–Kier alpha value is -1.27. The van der Waals surface area contributed by atoms with E-state index in [0.717, 1.165) is 11.1 Å². The summed E-state index contributed by atoms with van der Waals surface area (Å²) in [4.78, 5) is 0. The van der Waals surface area contributed by atoms with E-state index in [2.05, 4.69) is 40.3 Å². The molecule has 0 radical (unpaired) electrons. The third-order valence-corrected chi connectivity index (χ3v) is 5.47. The van der Waals surface area contributed by atoms with Gasteiger partial charge in [0, 0.05) is 13.0 Å². The van der Waals surface area contributed by atoms with Crippen LogP contribution in [0.4, 0.5) is 0 Å². The second-order valence-corrected chi connectivity index (χ2v) is 8.64. The van der Waals surface area contributed by atoms with Crippen molar-refractivity contribution in [3.8, 4) is 0 Å². The van der Waals surface area contributed by atoms with Crippen molar-refractivity contribution >= 4 is 15.8 Å². The van der Waals surface area contributed by atoms with Crippen LogP contribution in [0.1, 0.15) is 18.1 Å². The van der Waals surface area contributed by atoms with E-state index in [0.29, 0.717) is 19.8 Å². The van der Waals surface area contributed by atoms with Crippen LogP contribution in [-0.4, -0.2) is 45.0 Å². The normalized spacial score (nSPS) is 26.5. The van der Waals surface area contributed by atoms with Crippen LogP contribution in [-0.2, 0) is 36.8 Å². The fourth-order valence-electron chi connectivity index (χ4n) is 3.67. The summed E-state index contributed by atoms with van der Waals surface area (Å²) in [5, 5.41) is 0. The van der Waals surface area contributed by atoms with Crippen LogP contribution in [0.3, 0.4) is 0 Å². The van der Waals surface area contributed by atoms with Crippen LogP contribution in [0.5, 0.6) is 0 Å². The van der Waals surface area contributed by atoms with Gasteiger partial charge in [0.1, 0.15) is 12.2 Å². The van der Waals surface area contributed by atoms with Crippen LogP contribution in [0, 0.1) is 5.92 Å². The first-order valence-electron chi connectivity index (χ1n) is 10.4. The van der Waals surface area contributed by atoms with Crippen LogP contribution in [0.2, 0.25) is 6.82 Å². The zero-order valence-electron chi connectivity index (χ0n) is 18.0. The van der Waals surface area contributed by atoms with Gasteiger partial charge in [0.2, 0.25) is 0 Å². The van der Waals surface area contributed by atoms with E-state index >= 15 is 0 Å². The molecule has 0 saturated carbocycles. The minimum absolute atomic E-state index is 0.00385. The fourth-order valence-corrected chi connectivity index (χ4v) is 3.78. The molecule has 0 spiro atoms. The third-order valence-electron chi connectivity index (χ3n) is 5.27. The summed E-state index contributed by atoms with van der Waals surface area (Å²) in [5.74, 6) is 0.00385. The van der Waals surface area contributed by atoms with Gasteiger partial charge in [-0.15, -0.1) is 9.12 Å². The first-order valence-corrected chi connectivity index (χ1v) is 11.1. The molecule has 1 saturated heterocycles. The Labute approximate surface area is 182 Å². The highest BCUT2D eigenvalue weighted by molar-refractivity contribution is 7.60. The molecular weight excluding hydrogens is 398 g/mol. The van der Waals surface area contributed by atoms with Crippen molar-refractivity contribution in [1.29, 1.82) is 0 Å². The Kier molecular flexibility index (Phi) is 9.32. The molecule has 6 atom stereocenters. The van der Waals surface area contributed by atoms with E-state index in [-0.39, 0.29) is 37.2 Å². The van der Waals surface area contributed by atoms with Crippen LogP contribution in [0.15, 0.2) is 60.7 Å². The smallest absolute Gasteiger partial charge is 0.311 e. The topological polar surface area (TPSA) is 46.2 Å². The van der Waals surface area contributed by atoms with Gasteiger partial charge >= 0.3 is 6.64 Å². The molecule has 1 aliphatic heterocycles. The van der Waals surface area contributed by atoms with Crippen LogP contribution < -0.4 is 0 Å². The van der Waals surface area contributed by atoms with Gasteiger partial charge in [-0.25, -0.2) is 0 Å². The van der Waals surface area contributed by atoms with E-state index in [1.807, 2.05) is 43.2 Å². The van der Waals surface area contributed by atoms with Gasteiger partial charge in [-0.2, -0.15) is 0 Å². The molecule has 7 heteroatoms. The summed E-state index contributed by atoms with van der Waals surface area (Å²) in [6, 6.07) is 20.3. The lowest BCUT2D eigenvalue weighted by molar-refractivity contribution is -0.292. The quantitative estimate of drug-likeness (QED) is 0.418. The van der Waals surface area contributed by atoms with Gasteiger partial charge in [-0.1, -0.05) is 74.4 Å². The standard InChI is InChI=1S/C23H32BO5P/c1-17-21(26-14-18-10-6-4-7-11-18)22(27-15-19-12-8-5-9-13-19)20(16-28-24(2)30)29-23(17)25-3/h4-13,17,20-23H,14-16,30H2,1-3H3/t17?,20?,21-,22-,23+/m0/s1. The molecule has 0 amide bonds. The van der Waals surface area contributed by atoms with Gasteiger partial charge in [0.25, 0.3) is 0 Å². The maximum atomic E-state index is 6.41. The van der Waals surface area contributed by atoms with E-state index < -0.39 is 0 Å². The maximum absolute atomic E-state index is 6.41. The van der Waals surface area contributed by atoms with E-state index in [1.54, 1.807) is 7.11 Å². The van der Waals surface area contributed by atoms with Crippen molar-refractivity contribution in [3.05, 3.63) is 71.8 Å². The number of ether oxygens (including phenoxy) is 4. The van der Waals surface area contributed by atoms with Crippen molar-refractivity contribution < 1.29 is 23.6 Å². The predicted molar refractivity (Wildman–Crippen MR) is 122 cm³/mol. The molecule has 5 nitrogen and oxygen atoms in total. The van der Waals surface area contributed by atoms with E-state index in [1.165, 1.54) is 0 Å². The van der Waals surface area contributed by atoms with Gasteiger partial charge in [0.05, 0.1) is 25.9 Å². The minimum atomic E-state index is -0.379. The average Bonchev–Trinajstić information content (AvgIpc) is 2.77. The largest absolute Gasteiger partial charge is 0.429 e. The Morgan fingerprint density at radius 2 is 1.43 bits per heavy atom. The van der Waals surface area contributed by atoms with Crippen molar-refractivity contribution in [3.63, 3.8) is 0 Å². The lowest BCUT2D eigenvalue weighted by Crippen LogP contribution is -2.57. The zero-order chi connectivity index (χ0) is 21.3. The molecule has 2 aromatic carbocycles. The average molecular weight is 430 g/mol. The Morgan fingerprint density at radius 3 is 1.93 bits per heavy atom. The molecule has 2 aromatic rings. The summed E-state index contributed by atoms with van der Waals surface area (Å²) in [6.07, 6.45) is -1.14. The van der Waals surface area contributed by atoms with Crippen molar-refractivity contribution in [1.82, 2.24) is 0 Å².